The summed E-state index contributed by atoms with van der Waals surface area (Å²) in [6.07, 6.45) is 3.02. The molecule has 1 aromatic heterocycles. The van der Waals surface area contributed by atoms with Gasteiger partial charge in [0.25, 0.3) is 5.91 Å². The van der Waals surface area contributed by atoms with E-state index in [4.69, 9.17) is 21.1 Å². The molecule has 2 heterocycles. The first-order valence-electron chi connectivity index (χ1n) is 9.73. The lowest BCUT2D eigenvalue weighted by molar-refractivity contribution is 0.0521. The minimum Gasteiger partial charge on any atom is -0.462 e. The topological polar surface area (TPSA) is 68.7 Å². The summed E-state index contributed by atoms with van der Waals surface area (Å²) in [7, 11) is 1.64. The summed E-state index contributed by atoms with van der Waals surface area (Å²) in [5.41, 5.74) is 2.81. The predicted octanol–water partition coefficient (Wildman–Crippen LogP) is 4.08. The Morgan fingerprint density at radius 3 is 2.52 bits per heavy atom. The number of hydrogen-bond acceptors (Lipinski definition) is 5. The number of pyridine rings is 1. The lowest BCUT2D eigenvalue weighted by Crippen LogP contribution is -2.38. The van der Waals surface area contributed by atoms with Crippen LogP contribution in [0.4, 0.5) is 0 Å². The summed E-state index contributed by atoms with van der Waals surface area (Å²) < 4.78 is 10.3. The molecule has 0 aliphatic carbocycles. The van der Waals surface area contributed by atoms with Gasteiger partial charge in [-0.3, -0.25) is 9.78 Å². The van der Waals surface area contributed by atoms with E-state index >= 15 is 0 Å². The molecule has 0 unspecified atom stereocenters. The molecule has 154 valence electrons. The van der Waals surface area contributed by atoms with E-state index in [0.29, 0.717) is 48.1 Å². The fourth-order valence-electron chi connectivity index (χ4n) is 3.60. The third-order valence-corrected chi connectivity index (χ3v) is 5.27. The number of methoxy groups -OCH3 is 1. The first-order chi connectivity index (χ1) is 14.0. The van der Waals surface area contributed by atoms with Crippen molar-refractivity contribution in [3.05, 3.63) is 63.9 Å². The molecule has 1 aliphatic heterocycles. The van der Waals surface area contributed by atoms with E-state index in [0.717, 1.165) is 18.4 Å². The van der Waals surface area contributed by atoms with Gasteiger partial charge < -0.3 is 14.4 Å². The summed E-state index contributed by atoms with van der Waals surface area (Å²) in [6, 6.07) is 9.10. The van der Waals surface area contributed by atoms with Crippen molar-refractivity contribution in [2.75, 3.05) is 26.8 Å². The third kappa shape index (κ3) is 5.14. The van der Waals surface area contributed by atoms with Crippen LogP contribution in [0.1, 0.15) is 57.7 Å². The summed E-state index contributed by atoms with van der Waals surface area (Å²) in [5.74, 6) is -0.311. The fourth-order valence-corrected chi connectivity index (χ4v) is 3.75. The number of hydrogen-bond donors (Lipinski definition) is 0. The number of likely N-dealkylation sites (tertiary alicyclic amines) is 1. The Labute approximate surface area is 175 Å². The van der Waals surface area contributed by atoms with E-state index in [1.807, 2.05) is 29.2 Å². The smallest absolute Gasteiger partial charge is 0.340 e. The van der Waals surface area contributed by atoms with Gasteiger partial charge in [-0.1, -0.05) is 23.7 Å². The van der Waals surface area contributed by atoms with Gasteiger partial charge in [-0.05, 0) is 43.5 Å². The lowest BCUT2D eigenvalue weighted by atomic mass is 9.90. The lowest BCUT2D eigenvalue weighted by Gasteiger charge is -2.32. The van der Waals surface area contributed by atoms with Crippen LogP contribution < -0.4 is 0 Å². The van der Waals surface area contributed by atoms with Gasteiger partial charge in [-0.15, -0.1) is 0 Å². The molecule has 0 radical (unpaired) electrons. The first-order valence-corrected chi connectivity index (χ1v) is 10.1. The van der Waals surface area contributed by atoms with Gasteiger partial charge in [0.05, 0.1) is 29.5 Å². The standard InChI is InChI=1S/C22H25ClN2O4/c1-3-29-22(27)19-12-18(23)13-24-20(19)16-8-10-25(11-9-16)21(26)17-6-4-15(5-7-17)14-28-2/h4-7,12-13,16H,3,8-11,14H2,1-2H3. The van der Waals surface area contributed by atoms with Crippen LogP contribution >= 0.6 is 11.6 Å². The SMILES string of the molecule is CCOC(=O)c1cc(Cl)cnc1C1CCN(C(=O)c2ccc(COC)cc2)CC1. The van der Waals surface area contributed by atoms with Gasteiger partial charge in [-0.25, -0.2) is 4.79 Å². The van der Waals surface area contributed by atoms with Crippen LogP contribution in [0, 0.1) is 0 Å². The van der Waals surface area contributed by atoms with Crippen LogP contribution in [0.25, 0.3) is 0 Å². The van der Waals surface area contributed by atoms with Crippen molar-refractivity contribution in [1.29, 1.82) is 0 Å². The molecule has 1 saturated heterocycles. The zero-order valence-electron chi connectivity index (χ0n) is 16.7. The van der Waals surface area contributed by atoms with Crippen LogP contribution in [0.5, 0.6) is 0 Å². The van der Waals surface area contributed by atoms with Crippen molar-refractivity contribution in [3.63, 3.8) is 0 Å². The number of amides is 1. The fraction of sp³-hybridized carbons (Fsp3) is 0.409. The number of ether oxygens (including phenoxy) is 2. The second-order valence-electron chi connectivity index (χ2n) is 7.00. The third-order valence-electron chi connectivity index (χ3n) is 5.06. The van der Waals surface area contributed by atoms with Crippen molar-refractivity contribution >= 4 is 23.5 Å². The molecular weight excluding hydrogens is 392 g/mol. The molecule has 0 saturated carbocycles. The Hall–Kier alpha value is -2.44. The van der Waals surface area contributed by atoms with Crippen molar-refractivity contribution in [1.82, 2.24) is 9.88 Å². The van der Waals surface area contributed by atoms with Gasteiger partial charge >= 0.3 is 5.97 Å². The molecule has 1 aromatic carbocycles. The van der Waals surface area contributed by atoms with Crippen molar-refractivity contribution in [3.8, 4) is 0 Å². The summed E-state index contributed by atoms with van der Waals surface area (Å²) in [4.78, 5) is 31.4. The normalized spacial score (nSPS) is 14.7. The van der Waals surface area contributed by atoms with Crippen molar-refractivity contribution in [2.24, 2.45) is 0 Å². The van der Waals surface area contributed by atoms with Crippen LogP contribution in [0.2, 0.25) is 5.02 Å². The zero-order chi connectivity index (χ0) is 20.8. The Bertz CT molecular complexity index is 862. The van der Waals surface area contributed by atoms with Gasteiger partial charge in [0.15, 0.2) is 0 Å². The molecule has 0 bridgehead atoms. The second-order valence-corrected chi connectivity index (χ2v) is 7.44. The molecular formula is C22H25ClN2O4. The monoisotopic (exact) mass is 416 g/mol. The maximum atomic E-state index is 12.8. The number of benzene rings is 1. The number of rotatable bonds is 6. The molecule has 29 heavy (non-hydrogen) atoms. The molecule has 0 atom stereocenters. The molecule has 7 heteroatoms. The van der Waals surface area contributed by atoms with E-state index in [1.54, 1.807) is 26.3 Å². The summed E-state index contributed by atoms with van der Waals surface area (Å²) in [6.45, 7) is 3.80. The number of aromatic nitrogens is 1. The van der Waals surface area contributed by atoms with Gasteiger partial charge in [0.1, 0.15) is 0 Å². The molecule has 1 aliphatic rings. The zero-order valence-corrected chi connectivity index (χ0v) is 17.4. The van der Waals surface area contributed by atoms with Crippen LogP contribution in [-0.4, -0.2) is 48.6 Å². The van der Waals surface area contributed by atoms with Crippen LogP contribution in [0.3, 0.4) is 0 Å². The van der Waals surface area contributed by atoms with E-state index < -0.39 is 5.97 Å². The molecule has 1 amide bonds. The maximum absolute atomic E-state index is 12.8. The molecule has 6 nitrogen and oxygen atoms in total. The Morgan fingerprint density at radius 1 is 1.21 bits per heavy atom. The predicted molar refractivity (Wildman–Crippen MR) is 110 cm³/mol. The number of nitrogens with zero attached hydrogens (tertiary/aromatic N) is 2. The summed E-state index contributed by atoms with van der Waals surface area (Å²) >= 11 is 6.03. The van der Waals surface area contributed by atoms with Crippen LogP contribution in [-0.2, 0) is 16.1 Å². The summed E-state index contributed by atoms with van der Waals surface area (Å²) in [5, 5.41) is 0.404. The molecule has 3 rings (SSSR count). The van der Waals surface area contributed by atoms with E-state index in [9.17, 15) is 9.59 Å². The number of carbonyl (C=O) groups is 2. The van der Waals surface area contributed by atoms with E-state index in [2.05, 4.69) is 4.98 Å². The Balaban J connectivity index is 1.67. The first kappa shape index (κ1) is 21.3. The van der Waals surface area contributed by atoms with E-state index in [-0.39, 0.29) is 11.8 Å². The average molecular weight is 417 g/mol. The van der Waals surface area contributed by atoms with Crippen molar-refractivity contribution in [2.45, 2.75) is 32.3 Å². The second kappa shape index (κ2) is 9.85. The highest BCUT2D eigenvalue weighted by atomic mass is 35.5. The largest absolute Gasteiger partial charge is 0.462 e. The quantitative estimate of drug-likeness (QED) is 0.664. The van der Waals surface area contributed by atoms with E-state index in [1.165, 1.54) is 0 Å². The number of halogens is 1. The minimum atomic E-state index is -0.410. The van der Waals surface area contributed by atoms with Gasteiger partial charge in [0.2, 0.25) is 0 Å². The van der Waals surface area contributed by atoms with Gasteiger partial charge in [-0.2, -0.15) is 0 Å². The molecule has 0 spiro atoms. The average Bonchev–Trinajstić information content (AvgIpc) is 2.74. The number of piperidine rings is 1. The maximum Gasteiger partial charge on any atom is 0.340 e. The molecule has 0 N–H and O–H groups in total. The highest BCUT2D eigenvalue weighted by Crippen LogP contribution is 2.31. The highest BCUT2D eigenvalue weighted by molar-refractivity contribution is 6.30. The highest BCUT2D eigenvalue weighted by Gasteiger charge is 2.28. The minimum absolute atomic E-state index is 0.0158. The van der Waals surface area contributed by atoms with Gasteiger partial charge in [0, 0.05) is 37.9 Å². The van der Waals surface area contributed by atoms with Crippen molar-refractivity contribution < 1.29 is 19.1 Å². The Kier molecular flexibility index (Phi) is 7.23. The molecule has 2 aromatic rings. The van der Waals surface area contributed by atoms with Crippen LogP contribution in [0.15, 0.2) is 36.5 Å². The Morgan fingerprint density at radius 2 is 1.90 bits per heavy atom. The molecule has 1 fully saturated rings. The number of esters is 1. The number of carbonyl (C=O) groups excluding carboxylic acids is 2.